The van der Waals surface area contributed by atoms with Crippen LogP contribution in [-0.4, -0.2) is 67.6 Å². The molecule has 0 N–H and O–H groups in total. The van der Waals surface area contributed by atoms with Gasteiger partial charge in [-0.1, -0.05) is 15.9 Å². The number of hydrogen-bond acceptors (Lipinski definition) is 3. The summed E-state index contributed by atoms with van der Waals surface area (Å²) in [5, 5.41) is 1.14. The lowest BCUT2D eigenvalue weighted by Gasteiger charge is -2.42. The molecule has 21 heavy (non-hydrogen) atoms. The molecule has 3 saturated heterocycles. The lowest BCUT2D eigenvalue weighted by Crippen LogP contribution is -2.46. The zero-order chi connectivity index (χ0) is 14.5. The van der Waals surface area contributed by atoms with Crippen molar-refractivity contribution in [2.24, 2.45) is 11.3 Å². The van der Waals surface area contributed by atoms with Crippen LogP contribution in [0.1, 0.15) is 38.5 Å². The molecule has 3 heterocycles. The SMILES string of the molecule is BrCC1(CN2CCC(CN3CCCC3)CC2)CCOCC1. The molecule has 3 aliphatic rings. The molecule has 0 spiro atoms. The monoisotopic (exact) mass is 358 g/mol. The van der Waals surface area contributed by atoms with Crippen molar-refractivity contribution >= 4 is 15.9 Å². The average molecular weight is 359 g/mol. The van der Waals surface area contributed by atoms with E-state index in [9.17, 15) is 0 Å². The molecular weight excluding hydrogens is 328 g/mol. The second-order valence-corrected chi connectivity index (χ2v) is 8.03. The van der Waals surface area contributed by atoms with Gasteiger partial charge >= 0.3 is 0 Å². The third kappa shape index (κ3) is 4.43. The molecule has 4 heteroatoms. The largest absolute Gasteiger partial charge is 0.381 e. The standard InChI is InChI=1S/C17H31BrN2O/c18-14-17(5-11-21-12-6-17)15-20-9-3-16(4-10-20)13-19-7-1-2-8-19/h16H,1-15H2. The minimum Gasteiger partial charge on any atom is -0.381 e. The van der Waals surface area contributed by atoms with E-state index in [4.69, 9.17) is 4.74 Å². The topological polar surface area (TPSA) is 15.7 Å². The van der Waals surface area contributed by atoms with E-state index in [1.807, 2.05) is 0 Å². The smallest absolute Gasteiger partial charge is 0.0472 e. The van der Waals surface area contributed by atoms with Gasteiger partial charge in [-0.25, -0.2) is 0 Å². The third-order valence-corrected chi connectivity index (χ3v) is 7.01. The van der Waals surface area contributed by atoms with Crippen LogP contribution in [-0.2, 0) is 4.74 Å². The normalized spacial score (nSPS) is 29.0. The molecule has 0 bridgehead atoms. The molecule has 3 nitrogen and oxygen atoms in total. The first kappa shape index (κ1) is 16.2. The number of alkyl halides is 1. The van der Waals surface area contributed by atoms with E-state index in [0.717, 1.165) is 24.5 Å². The molecule has 0 aliphatic carbocycles. The molecular formula is C17H31BrN2O. The molecule has 3 fully saturated rings. The third-order valence-electron chi connectivity index (χ3n) is 5.82. The summed E-state index contributed by atoms with van der Waals surface area (Å²) < 4.78 is 5.56. The lowest BCUT2D eigenvalue weighted by atomic mass is 9.81. The molecule has 3 aliphatic heterocycles. The maximum absolute atomic E-state index is 5.56. The van der Waals surface area contributed by atoms with Crippen LogP contribution in [0.25, 0.3) is 0 Å². The Morgan fingerprint density at radius 1 is 0.952 bits per heavy atom. The van der Waals surface area contributed by atoms with Crippen LogP contribution < -0.4 is 0 Å². The number of halogens is 1. The van der Waals surface area contributed by atoms with Gasteiger partial charge in [0.2, 0.25) is 0 Å². The van der Waals surface area contributed by atoms with Crippen LogP contribution in [0.4, 0.5) is 0 Å². The number of piperidine rings is 1. The van der Waals surface area contributed by atoms with Gasteiger partial charge in [0.15, 0.2) is 0 Å². The van der Waals surface area contributed by atoms with E-state index in [1.54, 1.807) is 0 Å². The highest BCUT2D eigenvalue weighted by Crippen LogP contribution is 2.34. The maximum atomic E-state index is 5.56. The van der Waals surface area contributed by atoms with Crippen molar-refractivity contribution in [2.45, 2.75) is 38.5 Å². The summed E-state index contributed by atoms with van der Waals surface area (Å²) >= 11 is 3.78. The predicted molar refractivity (Wildman–Crippen MR) is 91.1 cm³/mol. The highest BCUT2D eigenvalue weighted by atomic mass is 79.9. The fraction of sp³-hybridized carbons (Fsp3) is 1.00. The van der Waals surface area contributed by atoms with Gasteiger partial charge < -0.3 is 14.5 Å². The van der Waals surface area contributed by atoms with Crippen molar-refractivity contribution in [1.29, 1.82) is 0 Å². The molecule has 0 atom stereocenters. The van der Waals surface area contributed by atoms with Crippen LogP contribution in [0.15, 0.2) is 0 Å². The van der Waals surface area contributed by atoms with Gasteiger partial charge in [-0.2, -0.15) is 0 Å². The number of ether oxygens (including phenoxy) is 1. The van der Waals surface area contributed by atoms with E-state index < -0.39 is 0 Å². The summed E-state index contributed by atoms with van der Waals surface area (Å²) in [6.07, 6.45) is 8.12. The van der Waals surface area contributed by atoms with Gasteiger partial charge in [0.05, 0.1) is 0 Å². The Kier molecular flexibility index (Phi) is 6.00. The van der Waals surface area contributed by atoms with E-state index in [-0.39, 0.29) is 0 Å². The van der Waals surface area contributed by atoms with Crippen LogP contribution in [0.5, 0.6) is 0 Å². The van der Waals surface area contributed by atoms with Crippen molar-refractivity contribution in [3.05, 3.63) is 0 Å². The van der Waals surface area contributed by atoms with Gasteiger partial charge in [0.1, 0.15) is 0 Å². The fourth-order valence-electron chi connectivity index (χ4n) is 4.27. The Bertz CT molecular complexity index is 306. The van der Waals surface area contributed by atoms with Crippen molar-refractivity contribution < 1.29 is 4.74 Å². The van der Waals surface area contributed by atoms with Crippen LogP contribution in [0, 0.1) is 11.3 Å². The quantitative estimate of drug-likeness (QED) is 0.702. The number of rotatable bonds is 5. The Morgan fingerprint density at radius 3 is 2.24 bits per heavy atom. The Labute approximate surface area is 138 Å². The van der Waals surface area contributed by atoms with Crippen molar-refractivity contribution in [3.63, 3.8) is 0 Å². The first-order chi connectivity index (χ1) is 10.3. The highest BCUT2D eigenvalue weighted by molar-refractivity contribution is 9.09. The van der Waals surface area contributed by atoms with E-state index >= 15 is 0 Å². The summed E-state index contributed by atoms with van der Waals surface area (Å²) in [7, 11) is 0. The Hall–Kier alpha value is 0.360. The minimum absolute atomic E-state index is 0.472. The van der Waals surface area contributed by atoms with Crippen LogP contribution in [0.3, 0.4) is 0 Å². The van der Waals surface area contributed by atoms with Crippen LogP contribution >= 0.6 is 15.9 Å². The van der Waals surface area contributed by atoms with Crippen LogP contribution in [0.2, 0.25) is 0 Å². The summed E-state index contributed by atoms with van der Waals surface area (Å²) in [6, 6.07) is 0. The summed E-state index contributed by atoms with van der Waals surface area (Å²) in [6.45, 7) is 9.89. The Morgan fingerprint density at radius 2 is 1.62 bits per heavy atom. The second kappa shape index (κ2) is 7.76. The maximum Gasteiger partial charge on any atom is 0.0472 e. The zero-order valence-electron chi connectivity index (χ0n) is 13.4. The summed E-state index contributed by atoms with van der Waals surface area (Å²) in [5.74, 6) is 0.953. The van der Waals surface area contributed by atoms with Gasteiger partial charge in [0, 0.05) is 31.6 Å². The number of nitrogens with zero attached hydrogens (tertiary/aromatic N) is 2. The van der Waals surface area contributed by atoms with Crippen molar-refractivity contribution in [1.82, 2.24) is 9.80 Å². The minimum atomic E-state index is 0.472. The fourth-order valence-corrected chi connectivity index (χ4v) is 5.01. The highest BCUT2D eigenvalue weighted by Gasteiger charge is 2.34. The molecule has 0 radical (unpaired) electrons. The molecule has 0 aromatic heterocycles. The molecule has 122 valence electrons. The predicted octanol–water partition coefficient (Wildman–Crippen LogP) is 2.99. The molecule has 0 saturated carbocycles. The summed E-state index contributed by atoms with van der Waals surface area (Å²) in [4.78, 5) is 5.42. The van der Waals surface area contributed by atoms with Gasteiger partial charge in [-0.05, 0) is 76.0 Å². The molecule has 0 aromatic rings. The van der Waals surface area contributed by atoms with E-state index in [0.29, 0.717) is 5.41 Å². The zero-order valence-corrected chi connectivity index (χ0v) is 15.0. The number of hydrogen-bond donors (Lipinski definition) is 0. The van der Waals surface area contributed by atoms with E-state index in [1.165, 1.54) is 77.8 Å². The van der Waals surface area contributed by atoms with Gasteiger partial charge in [0.25, 0.3) is 0 Å². The van der Waals surface area contributed by atoms with Crippen molar-refractivity contribution in [3.8, 4) is 0 Å². The molecule has 0 aromatic carbocycles. The van der Waals surface area contributed by atoms with Gasteiger partial charge in [-0.3, -0.25) is 0 Å². The van der Waals surface area contributed by atoms with Gasteiger partial charge in [-0.15, -0.1) is 0 Å². The summed E-state index contributed by atoms with van der Waals surface area (Å²) in [5.41, 5.74) is 0.472. The molecule has 0 amide bonds. The Balaban J connectivity index is 1.42. The average Bonchev–Trinajstić information content (AvgIpc) is 3.03. The lowest BCUT2D eigenvalue weighted by molar-refractivity contribution is 0.00178. The molecule has 3 rings (SSSR count). The first-order valence-electron chi connectivity index (χ1n) is 8.88. The van der Waals surface area contributed by atoms with Crippen molar-refractivity contribution in [2.75, 3.05) is 57.8 Å². The first-order valence-corrected chi connectivity index (χ1v) is 10.0. The molecule has 0 unspecified atom stereocenters. The van der Waals surface area contributed by atoms with E-state index in [2.05, 4.69) is 25.7 Å². The second-order valence-electron chi connectivity index (χ2n) is 7.47. The number of likely N-dealkylation sites (tertiary alicyclic amines) is 2.